The van der Waals surface area contributed by atoms with Crippen LogP contribution in [0.25, 0.3) is 0 Å². The van der Waals surface area contributed by atoms with E-state index >= 15 is 0 Å². The van der Waals surface area contributed by atoms with E-state index in [2.05, 4.69) is 30.8 Å². The average Bonchev–Trinajstić information content (AvgIpc) is 2.66. The molecule has 1 N–H and O–H groups in total. The number of tetrazole rings is 1. The summed E-state index contributed by atoms with van der Waals surface area (Å²) in [6.45, 7) is 2.84. The SMILES string of the molecule is CCNc1cc(Sc2nnnn2C)ncn1. The Hall–Kier alpha value is -1.70. The quantitative estimate of drug-likeness (QED) is 0.779. The van der Waals surface area contributed by atoms with Crippen LogP contribution in [0.3, 0.4) is 0 Å². The minimum absolute atomic E-state index is 0.696. The number of hydrogen-bond acceptors (Lipinski definition) is 7. The van der Waals surface area contributed by atoms with E-state index in [0.29, 0.717) is 5.16 Å². The summed E-state index contributed by atoms with van der Waals surface area (Å²) in [5.41, 5.74) is 0. The lowest BCUT2D eigenvalue weighted by molar-refractivity contribution is 0.664. The largest absolute Gasteiger partial charge is 0.370 e. The number of nitrogens with zero attached hydrogens (tertiary/aromatic N) is 6. The minimum Gasteiger partial charge on any atom is -0.370 e. The predicted octanol–water partition coefficient (Wildman–Crippen LogP) is 0.583. The molecule has 0 atom stereocenters. The van der Waals surface area contributed by atoms with Gasteiger partial charge in [-0.15, -0.1) is 5.10 Å². The number of aromatic nitrogens is 6. The van der Waals surface area contributed by atoms with Crippen LogP contribution in [0.1, 0.15) is 6.92 Å². The Balaban J connectivity index is 2.15. The molecule has 2 aromatic rings. The molecule has 0 bridgehead atoms. The smallest absolute Gasteiger partial charge is 0.215 e. The van der Waals surface area contributed by atoms with Gasteiger partial charge in [0.25, 0.3) is 0 Å². The first kappa shape index (κ1) is 10.8. The fraction of sp³-hybridized carbons (Fsp3) is 0.375. The Morgan fingerprint density at radius 2 is 2.31 bits per heavy atom. The van der Waals surface area contributed by atoms with Gasteiger partial charge in [-0.3, -0.25) is 0 Å². The lowest BCUT2D eigenvalue weighted by atomic mass is 10.5. The van der Waals surface area contributed by atoms with E-state index in [1.165, 1.54) is 18.1 Å². The topological polar surface area (TPSA) is 81.4 Å². The minimum atomic E-state index is 0.696. The van der Waals surface area contributed by atoms with Gasteiger partial charge in [-0.2, -0.15) is 0 Å². The maximum atomic E-state index is 4.14. The van der Waals surface area contributed by atoms with E-state index < -0.39 is 0 Å². The lowest BCUT2D eigenvalue weighted by Gasteiger charge is -2.03. The van der Waals surface area contributed by atoms with Crippen molar-refractivity contribution in [3.05, 3.63) is 12.4 Å². The molecule has 0 radical (unpaired) electrons. The lowest BCUT2D eigenvalue weighted by Crippen LogP contribution is -2.00. The molecule has 2 heterocycles. The summed E-state index contributed by atoms with van der Waals surface area (Å²) in [6.07, 6.45) is 1.52. The molecule has 0 spiro atoms. The number of rotatable bonds is 4. The van der Waals surface area contributed by atoms with E-state index in [-0.39, 0.29) is 0 Å². The van der Waals surface area contributed by atoms with Crippen LogP contribution in [0, 0.1) is 0 Å². The Labute approximate surface area is 96.7 Å². The highest BCUT2D eigenvalue weighted by Gasteiger charge is 2.06. The van der Waals surface area contributed by atoms with Gasteiger partial charge in [0.05, 0.1) is 0 Å². The van der Waals surface area contributed by atoms with Gasteiger partial charge in [-0.1, -0.05) is 0 Å². The molecule has 0 saturated heterocycles. The fourth-order valence-electron chi connectivity index (χ4n) is 1.07. The van der Waals surface area contributed by atoms with Gasteiger partial charge in [0.15, 0.2) is 0 Å². The maximum Gasteiger partial charge on any atom is 0.215 e. The molecule has 84 valence electrons. The molecular weight excluding hydrogens is 226 g/mol. The highest BCUT2D eigenvalue weighted by atomic mass is 32.2. The third-order valence-electron chi connectivity index (χ3n) is 1.78. The Morgan fingerprint density at radius 3 is 3.00 bits per heavy atom. The summed E-state index contributed by atoms with van der Waals surface area (Å²) in [7, 11) is 1.79. The van der Waals surface area contributed by atoms with Crippen molar-refractivity contribution in [1.29, 1.82) is 0 Å². The highest BCUT2D eigenvalue weighted by Crippen LogP contribution is 2.23. The summed E-state index contributed by atoms with van der Waals surface area (Å²) < 4.78 is 1.60. The molecule has 0 unspecified atom stereocenters. The van der Waals surface area contributed by atoms with Crippen LogP contribution in [0.5, 0.6) is 0 Å². The zero-order chi connectivity index (χ0) is 11.4. The number of anilines is 1. The second kappa shape index (κ2) is 4.88. The van der Waals surface area contributed by atoms with Crippen molar-refractivity contribution in [3.63, 3.8) is 0 Å². The average molecular weight is 237 g/mol. The van der Waals surface area contributed by atoms with Crippen LogP contribution in [0.4, 0.5) is 5.82 Å². The molecule has 16 heavy (non-hydrogen) atoms. The molecule has 0 aromatic carbocycles. The van der Waals surface area contributed by atoms with Gasteiger partial charge in [-0.25, -0.2) is 14.6 Å². The fourth-order valence-corrected chi connectivity index (χ4v) is 1.78. The second-order valence-electron chi connectivity index (χ2n) is 2.96. The highest BCUT2D eigenvalue weighted by molar-refractivity contribution is 7.99. The number of nitrogens with one attached hydrogen (secondary N) is 1. The van der Waals surface area contributed by atoms with Crippen molar-refractivity contribution in [2.24, 2.45) is 7.05 Å². The molecule has 8 heteroatoms. The van der Waals surface area contributed by atoms with Crippen LogP contribution < -0.4 is 5.32 Å². The van der Waals surface area contributed by atoms with Crippen LogP contribution in [-0.4, -0.2) is 36.7 Å². The van der Waals surface area contributed by atoms with Crippen LogP contribution in [-0.2, 0) is 7.05 Å². The number of aryl methyl sites for hydroxylation is 1. The van der Waals surface area contributed by atoms with Crippen molar-refractivity contribution in [1.82, 2.24) is 30.2 Å². The summed E-state index contributed by atoms with van der Waals surface area (Å²) in [5.74, 6) is 0.801. The molecule has 2 aromatic heterocycles. The first-order chi connectivity index (χ1) is 7.79. The molecular formula is C8H11N7S. The summed E-state index contributed by atoms with van der Waals surface area (Å²) in [6, 6.07) is 1.86. The van der Waals surface area contributed by atoms with Gasteiger partial charge in [0.1, 0.15) is 17.2 Å². The molecule has 0 aliphatic rings. The van der Waals surface area contributed by atoms with Gasteiger partial charge < -0.3 is 5.32 Å². The predicted molar refractivity (Wildman–Crippen MR) is 59.1 cm³/mol. The first-order valence-electron chi connectivity index (χ1n) is 4.75. The standard InChI is InChI=1S/C8H11N7S/c1-3-9-6-4-7(11-5-10-6)16-8-12-13-14-15(8)2/h4-5H,3H2,1-2H3,(H,9,10,11). The summed E-state index contributed by atoms with van der Waals surface area (Å²) >= 11 is 1.40. The summed E-state index contributed by atoms with van der Waals surface area (Å²) in [4.78, 5) is 8.23. The Bertz CT molecular complexity index is 469. The molecule has 0 aliphatic heterocycles. The third-order valence-corrected chi connectivity index (χ3v) is 2.74. The normalized spacial score (nSPS) is 10.4. The van der Waals surface area contributed by atoms with Crippen molar-refractivity contribution in [3.8, 4) is 0 Å². The van der Waals surface area contributed by atoms with Crippen molar-refractivity contribution >= 4 is 17.6 Å². The van der Waals surface area contributed by atoms with Crippen LogP contribution >= 0.6 is 11.8 Å². The molecule has 0 fully saturated rings. The molecule has 0 saturated carbocycles. The second-order valence-corrected chi connectivity index (χ2v) is 3.95. The third kappa shape index (κ3) is 2.45. The summed E-state index contributed by atoms with van der Waals surface area (Å²) in [5, 5.41) is 15.8. The van der Waals surface area contributed by atoms with E-state index in [1.807, 2.05) is 13.0 Å². The van der Waals surface area contributed by atoms with Gasteiger partial charge in [0, 0.05) is 19.7 Å². The van der Waals surface area contributed by atoms with Crippen molar-refractivity contribution < 1.29 is 0 Å². The zero-order valence-electron chi connectivity index (χ0n) is 8.95. The van der Waals surface area contributed by atoms with Gasteiger partial charge >= 0.3 is 0 Å². The molecule has 0 aliphatic carbocycles. The Morgan fingerprint density at radius 1 is 1.44 bits per heavy atom. The molecule has 2 rings (SSSR count). The van der Waals surface area contributed by atoms with E-state index in [1.54, 1.807) is 11.7 Å². The number of hydrogen-bond donors (Lipinski definition) is 1. The van der Waals surface area contributed by atoms with Crippen molar-refractivity contribution in [2.75, 3.05) is 11.9 Å². The Kier molecular flexibility index (Phi) is 3.30. The monoisotopic (exact) mass is 237 g/mol. The van der Waals surface area contributed by atoms with E-state index in [0.717, 1.165) is 17.4 Å². The maximum absolute atomic E-state index is 4.14. The van der Waals surface area contributed by atoms with E-state index in [9.17, 15) is 0 Å². The van der Waals surface area contributed by atoms with Crippen LogP contribution in [0.15, 0.2) is 22.6 Å². The van der Waals surface area contributed by atoms with E-state index in [4.69, 9.17) is 0 Å². The molecule has 7 nitrogen and oxygen atoms in total. The van der Waals surface area contributed by atoms with Crippen molar-refractivity contribution in [2.45, 2.75) is 17.1 Å². The first-order valence-corrected chi connectivity index (χ1v) is 5.57. The molecule has 0 amide bonds. The van der Waals surface area contributed by atoms with Crippen LogP contribution in [0.2, 0.25) is 0 Å². The zero-order valence-corrected chi connectivity index (χ0v) is 9.77. The van der Waals surface area contributed by atoms with Gasteiger partial charge in [-0.05, 0) is 29.1 Å². The van der Waals surface area contributed by atoms with Gasteiger partial charge in [0.2, 0.25) is 5.16 Å².